The Kier molecular flexibility index (Phi) is 9.48. The molecule has 0 aromatic heterocycles. The molecule has 1 aromatic carbocycles. The number of alkyl halides is 3. The Morgan fingerprint density at radius 1 is 1.18 bits per heavy atom. The number of methoxy groups -OCH3 is 1. The molecule has 4 amide bonds. The minimum atomic E-state index is -5.08. The molecule has 2 saturated heterocycles. The average molecular weight is 545 g/mol. The number of nitrogens with zero attached hydrogens (tertiary/aromatic N) is 2. The number of halogens is 3. The SMILES string of the molecule is COC(=O)[C@]1(C)N[C@H](CN(C)C(=O)NC(C)C)[C@@H]2C(=O)N(Cc3ccccc3)C(=O)[C@@H]21.O=C(O)C(F)(F)F. The van der Waals surface area contributed by atoms with Crippen molar-refractivity contribution in [3.63, 3.8) is 0 Å². The van der Waals surface area contributed by atoms with Gasteiger partial charge in [0.25, 0.3) is 0 Å². The predicted octanol–water partition coefficient (Wildman–Crippen LogP) is 1.37. The molecule has 11 nitrogen and oxygen atoms in total. The summed E-state index contributed by atoms with van der Waals surface area (Å²) in [4.78, 5) is 63.2. The van der Waals surface area contributed by atoms with Gasteiger partial charge in [0, 0.05) is 25.7 Å². The predicted molar refractivity (Wildman–Crippen MR) is 126 cm³/mol. The first-order valence-corrected chi connectivity index (χ1v) is 11.6. The molecule has 0 bridgehead atoms. The second kappa shape index (κ2) is 11.8. The summed E-state index contributed by atoms with van der Waals surface area (Å²) >= 11 is 0. The number of urea groups is 1. The molecule has 3 rings (SSSR count). The van der Waals surface area contributed by atoms with Crippen molar-refractivity contribution in [1.29, 1.82) is 0 Å². The van der Waals surface area contributed by atoms with Gasteiger partial charge in [-0.3, -0.25) is 24.6 Å². The molecule has 2 heterocycles. The molecule has 38 heavy (non-hydrogen) atoms. The molecule has 0 aliphatic carbocycles. The maximum Gasteiger partial charge on any atom is 0.490 e. The number of hydrogen-bond acceptors (Lipinski definition) is 7. The number of benzene rings is 1. The molecule has 0 radical (unpaired) electrons. The molecule has 4 atom stereocenters. The van der Waals surface area contributed by atoms with Gasteiger partial charge in [0.15, 0.2) is 0 Å². The number of fused-ring (bicyclic) bond motifs is 1. The molecule has 14 heteroatoms. The molecule has 0 unspecified atom stereocenters. The number of carboxylic acid groups (broad SMARTS) is 1. The Hall–Kier alpha value is -3.68. The van der Waals surface area contributed by atoms with Crippen LogP contribution in [0.4, 0.5) is 18.0 Å². The van der Waals surface area contributed by atoms with Crippen LogP contribution in [-0.2, 0) is 30.5 Å². The van der Waals surface area contributed by atoms with Crippen LogP contribution >= 0.6 is 0 Å². The summed E-state index contributed by atoms with van der Waals surface area (Å²) in [6.07, 6.45) is -5.08. The highest BCUT2D eigenvalue weighted by molar-refractivity contribution is 6.09. The number of likely N-dealkylation sites (tertiary alicyclic amines) is 1. The van der Waals surface area contributed by atoms with Gasteiger partial charge in [-0.1, -0.05) is 30.3 Å². The summed E-state index contributed by atoms with van der Waals surface area (Å²) in [6.45, 7) is 5.58. The maximum absolute atomic E-state index is 13.3. The Balaban J connectivity index is 0.000000638. The highest BCUT2D eigenvalue weighted by atomic mass is 19.4. The fourth-order valence-electron chi connectivity index (χ4n) is 4.54. The number of carboxylic acids is 1. The van der Waals surface area contributed by atoms with Gasteiger partial charge in [0.05, 0.1) is 25.5 Å². The number of amides is 4. The van der Waals surface area contributed by atoms with Crippen LogP contribution in [0, 0.1) is 11.8 Å². The standard InChI is InChI=1S/C22H30N4O5.C2HF3O2/c1-13(2)23-21(30)25(4)12-15-16-17(22(3,24-15)20(29)31-5)19(28)26(18(16)27)11-14-9-7-6-8-10-14;3-2(4,5)1(6)7/h6-10,13,15-17,24H,11-12H2,1-5H3,(H,23,30);(H,6,7)/t15-,16+,17-,22-;/m1./s1. The van der Waals surface area contributed by atoms with Crippen LogP contribution in [0.2, 0.25) is 0 Å². The van der Waals surface area contributed by atoms with Crippen LogP contribution in [0.5, 0.6) is 0 Å². The molecular weight excluding hydrogens is 513 g/mol. The minimum absolute atomic E-state index is 0.0457. The van der Waals surface area contributed by atoms with Crippen molar-refractivity contribution in [3.8, 4) is 0 Å². The third kappa shape index (κ3) is 6.60. The molecular formula is C24H31F3N4O7. The first-order chi connectivity index (χ1) is 17.5. The Morgan fingerprint density at radius 3 is 2.21 bits per heavy atom. The zero-order valence-electron chi connectivity index (χ0n) is 21.5. The zero-order valence-corrected chi connectivity index (χ0v) is 21.5. The zero-order chi connectivity index (χ0) is 29.0. The van der Waals surface area contributed by atoms with Crippen molar-refractivity contribution in [2.24, 2.45) is 11.8 Å². The summed E-state index contributed by atoms with van der Waals surface area (Å²) < 4.78 is 36.7. The molecule has 210 valence electrons. The van der Waals surface area contributed by atoms with Crippen LogP contribution in [0.1, 0.15) is 26.3 Å². The summed E-state index contributed by atoms with van der Waals surface area (Å²) in [5.41, 5.74) is -0.542. The first-order valence-electron chi connectivity index (χ1n) is 11.6. The van der Waals surface area contributed by atoms with Crippen molar-refractivity contribution in [1.82, 2.24) is 20.4 Å². The van der Waals surface area contributed by atoms with E-state index in [0.717, 1.165) is 5.56 Å². The van der Waals surface area contributed by atoms with Crippen molar-refractivity contribution < 1.29 is 47.0 Å². The second-order valence-corrected chi connectivity index (χ2v) is 9.48. The van der Waals surface area contributed by atoms with Gasteiger partial charge in [0.2, 0.25) is 11.8 Å². The molecule has 2 aliphatic rings. The number of carbonyl (C=O) groups is 5. The van der Waals surface area contributed by atoms with Crippen LogP contribution in [0.15, 0.2) is 30.3 Å². The summed E-state index contributed by atoms with van der Waals surface area (Å²) in [5, 5.41) is 13.1. The number of esters is 1. The Morgan fingerprint density at radius 2 is 1.74 bits per heavy atom. The molecule has 0 spiro atoms. The lowest BCUT2D eigenvalue weighted by Crippen LogP contribution is -2.56. The van der Waals surface area contributed by atoms with E-state index in [1.807, 2.05) is 44.2 Å². The molecule has 2 aliphatic heterocycles. The molecule has 0 saturated carbocycles. The Bertz CT molecular complexity index is 1070. The van der Waals surface area contributed by atoms with Crippen LogP contribution in [0.3, 0.4) is 0 Å². The summed E-state index contributed by atoms with van der Waals surface area (Å²) in [6, 6.07) is 8.31. The summed E-state index contributed by atoms with van der Waals surface area (Å²) in [5.74, 6) is -5.79. The van der Waals surface area contributed by atoms with Gasteiger partial charge in [-0.25, -0.2) is 9.59 Å². The third-order valence-electron chi connectivity index (χ3n) is 6.25. The molecule has 3 N–H and O–H groups in total. The van der Waals surface area contributed by atoms with E-state index < -0.39 is 47.4 Å². The van der Waals surface area contributed by atoms with Gasteiger partial charge >= 0.3 is 24.1 Å². The maximum atomic E-state index is 13.3. The molecule has 2 fully saturated rings. The number of carbonyl (C=O) groups excluding carboxylic acids is 4. The number of aliphatic carboxylic acids is 1. The number of imide groups is 1. The monoisotopic (exact) mass is 544 g/mol. The second-order valence-electron chi connectivity index (χ2n) is 9.48. The topological polar surface area (TPSA) is 145 Å². The van der Waals surface area contributed by atoms with Crippen molar-refractivity contribution >= 4 is 29.8 Å². The smallest absolute Gasteiger partial charge is 0.475 e. The summed E-state index contributed by atoms with van der Waals surface area (Å²) in [7, 11) is 2.87. The van der Waals surface area contributed by atoms with Crippen LogP contribution in [-0.4, -0.2) is 89.2 Å². The normalized spacial score (nSPS) is 24.4. The van der Waals surface area contributed by atoms with Gasteiger partial charge in [-0.2, -0.15) is 13.2 Å². The average Bonchev–Trinajstić information content (AvgIpc) is 3.26. The van der Waals surface area contributed by atoms with Gasteiger partial charge < -0.3 is 20.1 Å². The van der Waals surface area contributed by atoms with E-state index in [1.165, 1.54) is 16.9 Å². The minimum Gasteiger partial charge on any atom is -0.475 e. The van der Waals surface area contributed by atoms with Crippen LogP contribution < -0.4 is 10.6 Å². The van der Waals surface area contributed by atoms with Crippen molar-refractivity contribution in [2.75, 3.05) is 20.7 Å². The highest BCUT2D eigenvalue weighted by Gasteiger charge is 2.66. The lowest BCUT2D eigenvalue weighted by molar-refractivity contribution is -0.192. The van der Waals surface area contributed by atoms with Crippen LogP contribution in [0.25, 0.3) is 0 Å². The van der Waals surface area contributed by atoms with E-state index >= 15 is 0 Å². The van der Waals surface area contributed by atoms with Crippen molar-refractivity contribution in [3.05, 3.63) is 35.9 Å². The highest BCUT2D eigenvalue weighted by Crippen LogP contribution is 2.44. The van der Waals surface area contributed by atoms with E-state index in [4.69, 9.17) is 14.6 Å². The fraction of sp³-hybridized carbons (Fsp3) is 0.542. The van der Waals surface area contributed by atoms with E-state index in [1.54, 1.807) is 14.0 Å². The van der Waals surface area contributed by atoms with Gasteiger partial charge in [0.1, 0.15) is 5.54 Å². The first kappa shape index (κ1) is 30.5. The lowest BCUT2D eigenvalue weighted by Gasteiger charge is -2.30. The van der Waals surface area contributed by atoms with Gasteiger partial charge in [-0.05, 0) is 26.3 Å². The number of hydrogen-bond donors (Lipinski definition) is 3. The number of rotatable bonds is 6. The number of likely N-dealkylation sites (N-methyl/N-ethyl adjacent to an activating group) is 1. The van der Waals surface area contributed by atoms with Gasteiger partial charge in [-0.15, -0.1) is 0 Å². The molecule has 1 aromatic rings. The lowest BCUT2D eigenvalue weighted by atomic mass is 9.81. The largest absolute Gasteiger partial charge is 0.490 e. The third-order valence-corrected chi connectivity index (χ3v) is 6.25. The fourth-order valence-corrected chi connectivity index (χ4v) is 4.54. The van der Waals surface area contributed by atoms with E-state index in [9.17, 15) is 32.3 Å². The van der Waals surface area contributed by atoms with Crippen molar-refractivity contribution in [2.45, 2.75) is 51.1 Å². The van der Waals surface area contributed by atoms with E-state index in [0.29, 0.717) is 0 Å². The van der Waals surface area contributed by atoms with E-state index in [2.05, 4.69) is 10.6 Å². The number of nitrogens with one attached hydrogen (secondary N) is 2. The Labute approximate surface area is 217 Å². The quantitative estimate of drug-likeness (QED) is 0.360. The number of ether oxygens (including phenoxy) is 1. The van der Waals surface area contributed by atoms with E-state index in [-0.39, 0.29) is 31.1 Å².